The summed E-state index contributed by atoms with van der Waals surface area (Å²) in [5, 5.41) is 1.18. The molecule has 0 bridgehead atoms. The molecule has 1 aliphatic heterocycles. The summed E-state index contributed by atoms with van der Waals surface area (Å²) in [5.74, 6) is 0.788. The molecule has 0 aliphatic carbocycles. The number of aromatic nitrogens is 1. The maximum atomic E-state index is 13.3. The van der Waals surface area contributed by atoms with Gasteiger partial charge in [0.15, 0.2) is 0 Å². The predicted molar refractivity (Wildman–Crippen MR) is 111 cm³/mol. The van der Waals surface area contributed by atoms with Gasteiger partial charge in [-0.05, 0) is 36.6 Å². The highest BCUT2D eigenvalue weighted by Gasteiger charge is 2.30. The lowest BCUT2D eigenvalue weighted by atomic mass is 10.0. The fourth-order valence-electron chi connectivity index (χ4n) is 3.61. The molecule has 1 fully saturated rings. The van der Waals surface area contributed by atoms with Gasteiger partial charge in [0.25, 0.3) is 0 Å². The van der Waals surface area contributed by atoms with E-state index in [9.17, 15) is 8.42 Å². The number of nitrogens with zero attached hydrogens (tertiary/aromatic N) is 2. The van der Waals surface area contributed by atoms with E-state index in [1.807, 2.05) is 36.0 Å². The number of benzene rings is 2. The molecule has 140 valence electrons. The van der Waals surface area contributed by atoms with Gasteiger partial charge in [-0.1, -0.05) is 42.5 Å². The Morgan fingerprint density at radius 2 is 1.85 bits per heavy atom. The number of fused-ring (bicyclic) bond motifs is 1. The first-order valence-corrected chi connectivity index (χ1v) is 11.6. The second kappa shape index (κ2) is 7.62. The van der Waals surface area contributed by atoms with E-state index in [0.29, 0.717) is 28.8 Å². The van der Waals surface area contributed by atoms with E-state index >= 15 is 0 Å². The van der Waals surface area contributed by atoms with Gasteiger partial charge < -0.3 is 0 Å². The molecule has 0 N–H and O–H groups in total. The monoisotopic (exact) mass is 398 g/mol. The lowest BCUT2D eigenvalue weighted by Crippen LogP contribution is -2.33. The lowest BCUT2D eigenvalue weighted by Gasteiger charge is -2.21. The highest BCUT2D eigenvalue weighted by molar-refractivity contribution is 7.99. The van der Waals surface area contributed by atoms with E-state index in [1.165, 1.54) is 11.1 Å². The van der Waals surface area contributed by atoms with Crippen molar-refractivity contribution in [2.75, 3.05) is 18.8 Å². The number of rotatable bonds is 3. The molecular weight excluding hydrogens is 376 g/mol. The lowest BCUT2D eigenvalue weighted by molar-refractivity contribution is 0.428. The highest BCUT2D eigenvalue weighted by Crippen LogP contribution is 2.37. The summed E-state index contributed by atoms with van der Waals surface area (Å²) in [5.41, 5.74) is 3.13. The van der Waals surface area contributed by atoms with Gasteiger partial charge in [0, 0.05) is 35.7 Å². The molecule has 0 spiro atoms. The van der Waals surface area contributed by atoms with Crippen molar-refractivity contribution in [3.63, 3.8) is 0 Å². The molecule has 2 aromatic carbocycles. The fourth-order valence-corrected chi connectivity index (χ4v) is 6.67. The van der Waals surface area contributed by atoms with Crippen LogP contribution in [0.15, 0.2) is 65.7 Å². The van der Waals surface area contributed by atoms with Gasteiger partial charge in [-0.15, -0.1) is 0 Å². The maximum Gasteiger partial charge on any atom is 0.245 e. The molecule has 4 rings (SSSR count). The van der Waals surface area contributed by atoms with Crippen molar-refractivity contribution in [2.24, 2.45) is 0 Å². The molecule has 0 saturated carbocycles. The molecule has 2 heterocycles. The van der Waals surface area contributed by atoms with Gasteiger partial charge >= 0.3 is 0 Å². The third-order valence-electron chi connectivity index (χ3n) is 5.05. The van der Waals surface area contributed by atoms with Crippen molar-refractivity contribution in [1.29, 1.82) is 0 Å². The normalized spacial score (nSPS) is 19.1. The number of thioether (sulfide) groups is 1. The summed E-state index contributed by atoms with van der Waals surface area (Å²) in [6, 6.07) is 17.5. The van der Waals surface area contributed by atoms with Crippen LogP contribution in [0.3, 0.4) is 0 Å². The van der Waals surface area contributed by atoms with Crippen LogP contribution in [0.1, 0.15) is 22.8 Å². The molecule has 27 heavy (non-hydrogen) atoms. The van der Waals surface area contributed by atoms with Gasteiger partial charge in [0.1, 0.15) is 4.90 Å². The number of sulfonamides is 1. The van der Waals surface area contributed by atoms with Gasteiger partial charge in [0.05, 0.1) is 5.52 Å². The van der Waals surface area contributed by atoms with E-state index in [-0.39, 0.29) is 0 Å². The van der Waals surface area contributed by atoms with Crippen molar-refractivity contribution in [3.05, 3.63) is 71.9 Å². The summed E-state index contributed by atoms with van der Waals surface area (Å²) in [6.07, 6.45) is 2.46. The van der Waals surface area contributed by atoms with Gasteiger partial charge in [-0.2, -0.15) is 16.1 Å². The predicted octanol–water partition coefficient (Wildman–Crippen LogP) is 4.41. The van der Waals surface area contributed by atoms with Crippen molar-refractivity contribution in [1.82, 2.24) is 9.29 Å². The second-order valence-corrected chi connectivity index (χ2v) is 9.96. The Bertz CT molecular complexity index is 1060. The van der Waals surface area contributed by atoms with Crippen LogP contribution in [0.4, 0.5) is 0 Å². The number of hydrogen-bond acceptors (Lipinski definition) is 4. The fraction of sp³-hybridized carbons (Fsp3) is 0.286. The molecule has 1 saturated heterocycles. The van der Waals surface area contributed by atoms with E-state index in [1.54, 1.807) is 22.6 Å². The van der Waals surface area contributed by atoms with E-state index < -0.39 is 10.0 Å². The minimum atomic E-state index is -3.57. The number of pyridine rings is 1. The van der Waals surface area contributed by atoms with E-state index in [2.05, 4.69) is 30.1 Å². The van der Waals surface area contributed by atoms with Crippen LogP contribution in [-0.2, 0) is 10.0 Å². The summed E-state index contributed by atoms with van der Waals surface area (Å²) in [7, 11) is -3.57. The standard InChI is InChI=1S/C21H22N2O2S2/c1-16-6-2-3-9-18(16)19-11-13-23(14-15-26-19)27(24,25)20-10-4-7-17-8-5-12-22-21(17)20/h2-10,12,19H,11,13-15H2,1H3. The molecule has 0 radical (unpaired) electrons. The minimum absolute atomic E-state index is 0.306. The SMILES string of the molecule is Cc1ccccc1C1CCN(S(=O)(=O)c2cccc3cccnc23)CCS1. The van der Waals surface area contributed by atoms with Crippen molar-refractivity contribution < 1.29 is 8.42 Å². The van der Waals surface area contributed by atoms with Crippen LogP contribution in [0, 0.1) is 6.92 Å². The maximum absolute atomic E-state index is 13.3. The third kappa shape index (κ3) is 3.61. The topological polar surface area (TPSA) is 50.3 Å². The summed E-state index contributed by atoms with van der Waals surface area (Å²) < 4.78 is 28.3. The quantitative estimate of drug-likeness (QED) is 0.656. The Labute approximate surface area is 164 Å². The zero-order chi connectivity index (χ0) is 18.9. The second-order valence-electron chi connectivity index (χ2n) is 6.74. The van der Waals surface area contributed by atoms with Crippen LogP contribution in [0.2, 0.25) is 0 Å². The smallest absolute Gasteiger partial charge is 0.245 e. The largest absolute Gasteiger partial charge is 0.255 e. The van der Waals surface area contributed by atoms with Crippen molar-refractivity contribution in [3.8, 4) is 0 Å². The summed E-state index contributed by atoms with van der Waals surface area (Å²) in [6.45, 7) is 3.17. The van der Waals surface area contributed by atoms with Gasteiger partial charge in [-0.25, -0.2) is 8.42 Å². The minimum Gasteiger partial charge on any atom is -0.255 e. The molecule has 1 aliphatic rings. The average Bonchev–Trinajstić information content (AvgIpc) is 2.94. The van der Waals surface area contributed by atoms with Gasteiger partial charge in [0.2, 0.25) is 10.0 Å². The van der Waals surface area contributed by atoms with Crippen molar-refractivity contribution in [2.45, 2.75) is 23.5 Å². The molecule has 1 unspecified atom stereocenters. The average molecular weight is 399 g/mol. The third-order valence-corrected chi connectivity index (χ3v) is 8.29. The Hall–Kier alpha value is -1.89. The number of aryl methyl sites for hydroxylation is 1. The molecule has 1 atom stereocenters. The van der Waals surface area contributed by atoms with E-state index in [4.69, 9.17) is 0 Å². The first kappa shape index (κ1) is 18.5. The van der Waals surface area contributed by atoms with Crippen molar-refractivity contribution >= 4 is 32.7 Å². The van der Waals surface area contributed by atoms with Crippen LogP contribution in [0.5, 0.6) is 0 Å². The molecule has 3 aromatic rings. The van der Waals surface area contributed by atoms with Crippen LogP contribution >= 0.6 is 11.8 Å². The zero-order valence-electron chi connectivity index (χ0n) is 15.2. The van der Waals surface area contributed by atoms with Crippen LogP contribution in [-0.4, -0.2) is 36.5 Å². The van der Waals surface area contributed by atoms with E-state index in [0.717, 1.165) is 17.6 Å². The number of hydrogen-bond donors (Lipinski definition) is 0. The van der Waals surface area contributed by atoms with Gasteiger partial charge in [-0.3, -0.25) is 4.98 Å². The first-order valence-electron chi connectivity index (χ1n) is 9.08. The van der Waals surface area contributed by atoms with Crippen LogP contribution < -0.4 is 0 Å². The Morgan fingerprint density at radius 3 is 2.70 bits per heavy atom. The summed E-state index contributed by atoms with van der Waals surface area (Å²) in [4.78, 5) is 4.63. The Balaban J connectivity index is 1.62. The Kier molecular flexibility index (Phi) is 5.21. The summed E-state index contributed by atoms with van der Waals surface area (Å²) >= 11 is 1.85. The van der Waals surface area contributed by atoms with Crippen LogP contribution in [0.25, 0.3) is 10.9 Å². The molecule has 4 nitrogen and oxygen atoms in total. The molecule has 1 aromatic heterocycles. The molecule has 0 amide bonds. The zero-order valence-corrected chi connectivity index (χ0v) is 16.8. The first-order chi connectivity index (χ1) is 13.1. The molecular formula is C21H22N2O2S2. The number of para-hydroxylation sites is 1. The highest BCUT2D eigenvalue weighted by atomic mass is 32.2. The Morgan fingerprint density at radius 1 is 1.04 bits per heavy atom. The molecule has 6 heteroatoms.